The monoisotopic (exact) mass is 436 g/mol. The average molecular weight is 437 g/mol. The van der Waals surface area contributed by atoms with Crippen molar-refractivity contribution in [2.24, 2.45) is 0 Å². The van der Waals surface area contributed by atoms with Gasteiger partial charge in [-0.1, -0.05) is 19.1 Å². The van der Waals surface area contributed by atoms with Crippen LogP contribution >= 0.6 is 11.8 Å². The molecule has 0 saturated carbocycles. The highest BCUT2D eigenvalue weighted by Gasteiger charge is 2.40. The number of nitrogens with one attached hydrogen (secondary N) is 2. The van der Waals surface area contributed by atoms with Crippen LogP contribution in [0.4, 0.5) is 0 Å². The van der Waals surface area contributed by atoms with Gasteiger partial charge in [0.05, 0.1) is 24.2 Å². The van der Waals surface area contributed by atoms with Gasteiger partial charge in [0.1, 0.15) is 11.2 Å². The number of nitrogens with zero attached hydrogens (tertiary/aromatic N) is 2. The number of oxazole rings is 1. The largest absolute Gasteiger partial charge is 0.436 e. The summed E-state index contributed by atoms with van der Waals surface area (Å²) in [7, 11) is 0. The van der Waals surface area contributed by atoms with E-state index in [4.69, 9.17) is 4.42 Å². The van der Waals surface area contributed by atoms with Crippen molar-refractivity contribution >= 4 is 28.8 Å². The summed E-state index contributed by atoms with van der Waals surface area (Å²) in [6.45, 7) is 3.57. The number of hydrogen-bond acceptors (Lipinski definition) is 6. The molecule has 0 aliphatic heterocycles. The highest BCUT2D eigenvalue weighted by Crippen LogP contribution is 2.37. The highest BCUT2D eigenvalue weighted by atomic mass is 32.2. The van der Waals surface area contributed by atoms with E-state index in [0.29, 0.717) is 34.7 Å². The average Bonchev–Trinajstić information content (AvgIpc) is 3.47. The molecule has 0 spiro atoms. The minimum Gasteiger partial charge on any atom is -0.436 e. The molecular formula is C23H24N4O3S. The van der Waals surface area contributed by atoms with Crippen LogP contribution in [0.3, 0.4) is 0 Å². The first-order chi connectivity index (χ1) is 15.0. The molecule has 3 N–H and O–H groups in total. The summed E-state index contributed by atoms with van der Waals surface area (Å²) in [6, 6.07) is 13.6. The Morgan fingerprint density at radius 2 is 2.06 bits per heavy atom. The van der Waals surface area contributed by atoms with Crippen LogP contribution in [0.1, 0.15) is 36.3 Å². The maximum Gasteiger partial charge on any atom is 0.270 e. The van der Waals surface area contributed by atoms with E-state index in [1.54, 1.807) is 18.7 Å². The van der Waals surface area contributed by atoms with E-state index in [1.165, 1.54) is 12.5 Å². The number of aliphatic hydroxyl groups excluding tert-OH is 1. The van der Waals surface area contributed by atoms with Crippen molar-refractivity contribution in [1.82, 2.24) is 20.3 Å². The SMILES string of the molecule is CC[C@@](NC(=O)c1cnc[nH]1)(c1cccc2nc(-c3ccc(SC)cc3)oc12)[C@H](C)O. The van der Waals surface area contributed by atoms with Gasteiger partial charge >= 0.3 is 0 Å². The van der Waals surface area contributed by atoms with Gasteiger partial charge in [-0.15, -0.1) is 11.8 Å². The van der Waals surface area contributed by atoms with Crippen LogP contribution in [0, 0.1) is 0 Å². The van der Waals surface area contributed by atoms with Gasteiger partial charge in [0.15, 0.2) is 5.58 Å². The number of aromatic nitrogens is 3. The Morgan fingerprint density at radius 3 is 2.68 bits per heavy atom. The molecule has 0 aliphatic carbocycles. The van der Waals surface area contributed by atoms with E-state index >= 15 is 0 Å². The zero-order chi connectivity index (χ0) is 22.0. The molecule has 0 saturated heterocycles. The van der Waals surface area contributed by atoms with Crippen molar-refractivity contribution in [3.63, 3.8) is 0 Å². The predicted octanol–water partition coefficient (Wildman–Crippen LogP) is 4.36. The fourth-order valence-electron chi connectivity index (χ4n) is 3.78. The molecule has 0 fully saturated rings. The lowest BCUT2D eigenvalue weighted by molar-refractivity contribution is 0.0552. The van der Waals surface area contributed by atoms with E-state index in [9.17, 15) is 9.90 Å². The first-order valence-electron chi connectivity index (χ1n) is 10.0. The molecule has 7 nitrogen and oxygen atoms in total. The van der Waals surface area contributed by atoms with Crippen molar-refractivity contribution in [1.29, 1.82) is 0 Å². The number of carbonyl (C=O) groups is 1. The van der Waals surface area contributed by atoms with Crippen molar-refractivity contribution in [2.45, 2.75) is 36.8 Å². The van der Waals surface area contributed by atoms with Crippen LogP contribution in [0.2, 0.25) is 0 Å². The number of fused-ring (bicyclic) bond motifs is 1. The fourth-order valence-corrected chi connectivity index (χ4v) is 4.19. The molecule has 2 aromatic heterocycles. The second kappa shape index (κ2) is 8.56. The number of aliphatic hydroxyl groups is 1. The third-order valence-corrected chi connectivity index (χ3v) is 6.33. The number of para-hydroxylation sites is 1. The second-order valence-electron chi connectivity index (χ2n) is 7.32. The summed E-state index contributed by atoms with van der Waals surface area (Å²) >= 11 is 1.67. The summed E-state index contributed by atoms with van der Waals surface area (Å²) in [5.41, 5.74) is 1.99. The number of imidazole rings is 1. The number of aromatic amines is 1. The number of benzene rings is 2. The number of hydrogen-bond donors (Lipinski definition) is 3. The first kappa shape index (κ1) is 21.1. The van der Waals surface area contributed by atoms with Crippen molar-refractivity contribution in [3.05, 3.63) is 66.2 Å². The van der Waals surface area contributed by atoms with Gasteiger partial charge in [0, 0.05) is 16.0 Å². The second-order valence-corrected chi connectivity index (χ2v) is 8.20. The van der Waals surface area contributed by atoms with Gasteiger partial charge in [-0.25, -0.2) is 9.97 Å². The van der Waals surface area contributed by atoms with Crippen LogP contribution < -0.4 is 5.32 Å². The summed E-state index contributed by atoms with van der Waals surface area (Å²) < 4.78 is 6.19. The van der Waals surface area contributed by atoms with E-state index < -0.39 is 11.6 Å². The first-order valence-corrected chi connectivity index (χ1v) is 11.2. The Labute approximate surface area is 184 Å². The van der Waals surface area contributed by atoms with Crippen LogP contribution in [0.15, 0.2) is 64.3 Å². The van der Waals surface area contributed by atoms with Gasteiger partial charge in [-0.05, 0) is 49.9 Å². The Balaban J connectivity index is 1.81. The minimum absolute atomic E-state index is 0.317. The Kier molecular flexibility index (Phi) is 5.84. The molecule has 2 aromatic carbocycles. The van der Waals surface area contributed by atoms with E-state index in [0.717, 1.165) is 10.5 Å². The number of carbonyl (C=O) groups excluding carboxylic acids is 1. The zero-order valence-corrected chi connectivity index (χ0v) is 18.4. The highest BCUT2D eigenvalue weighted by molar-refractivity contribution is 7.98. The zero-order valence-electron chi connectivity index (χ0n) is 17.5. The van der Waals surface area contributed by atoms with Crippen LogP contribution in [-0.4, -0.2) is 38.3 Å². The molecule has 8 heteroatoms. The maximum absolute atomic E-state index is 12.8. The molecule has 4 aromatic rings. The van der Waals surface area contributed by atoms with Gasteiger partial charge in [-0.3, -0.25) is 4.79 Å². The molecule has 31 heavy (non-hydrogen) atoms. The summed E-state index contributed by atoms with van der Waals surface area (Å²) in [5.74, 6) is 0.134. The number of H-pyrrole nitrogens is 1. The molecule has 2 heterocycles. The van der Waals surface area contributed by atoms with E-state index in [-0.39, 0.29) is 5.91 Å². The van der Waals surface area contributed by atoms with Crippen molar-refractivity contribution in [3.8, 4) is 11.5 Å². The topological polar surface area (TPSA) is 104 Å². The van der Waals surface area contributed by atoms with Crippen LogP contribution in [-0.2, 0) is 5.54 Å². The van der Waals surface area contributed by atoms with Gasteiger partial charge < -0.3 is 19.8 Å². The molecular weight excluding hydrogens is 412 g/mol. The lowest BCUT2D eigenvalue weighted by atomic mass is 9.82. The minimum atomic E-state index is -1.07. The van der Waals surface area contributed by atoms with E-state index in [1.807, 2.05) is 55.6 Å². The molecule has 160 valence electrons. The molecule has 1 amide bonds. The van der Waals surface area contributed by atoms with Gasteiger partial charge in [0.25, 0.3) is 5.91 Å². The third-order valence-electron chi connectivity index (χ3n) is 5.58. The Bertz CT molecular complexity index is 1190. The van der Waals surface area contributed by atoms with E-state index in [2.05, 4.69) is 20.3 Å². The quantitative estimate of drug-likeness (QED) is 0.372. The van der Waals surface area contributed by atoms with Crippen molar-refractivity contribution in [2.75, 3.05) is 6.26 Å². The molecule has 0 bridgehead atoms. The molecule has 0 unspecified atom stereocenters. The molecule has 0 radical (unpaired) electrons. The molecule has 0 aliphatic rings. The summed E-state index contributed by atoms with van der Waals surface area (Å²) in [4.78, 5) is 25.4. The maximum atomic E-state index is 12.8. The molecule has 4 rings (SSSR count). The van der Waals surface area contributed by atoms with Crippen LogP contribution in [0.5, 0.6) is 0 Å². The molecule has 2 atom stereocenters. The predicted molar refractivity (Wildman–Crippen MR) is 121 cm³/mol. The third kappa shape index (κ3) is 3.84. The lowest BCUT2D eigenvalue weighted by Gasteiger charge is -2.36. The number of amides is 1. The normalized spacial score (nSPS) is 14.3. The fraction of sp³-hybridized carbons (Fsp3) is 0.261. The Hall–Kier alpha value is -3.10. The lowest BCUT2D eigenvalue weighted by Crippen LogP contribution is -2.52. The van der Waals surface area contributed by atoms with Crippen molar-refractivity contribution < 1.29 is 14.3 Å². The van der Waals surface area contributed by atoms with Gasteiger partial charge in [-0.2, -0.15) is 0 Å². The van der Waals surface area contributed by atoms with Crippen LogP contribution in [0.25, 0.3) is 22.6 Å². The number of thioether (sulfide) groups is 1. The smallest absolute Gasteiger partial charge is 0.270 e. The standard InChI is InChI=1S/C23H24N4O3S/c1-4-23(14(2)28,27-21(29)19-12-24-13-25-19)17-6-5-7-18-20(17)30-22(26-18)15-8-10-16(31-3)11-9-15/h5-14,28H,4H2,1-3H3,(H,24,25)(H,27,29)/t14-,23-/m0/s1. The van der Waals surface area contributed by atoms with Gasteiger partial charge in [0.2, 0.25) is 5.89 Å². The Morgan fingerprint density at radius 1 is 1.29 bits per heavy atom. The summed E-state index contributed by atoms with van der Waals surface area (Å²) in [6.07, 6.45) is 4.48. The summed E-state index contributed by atoms with van der Waals surface area (Å²) in [5, 5.41) is 13.8. The number of rotatable bonds is 7.